The minimum atomic E-state index is -0.765. The van der Waals surface area contributed by atoms with E-state index in [1.54, 1.807) is 0 Å². The zero-order valence-electron chi connectivity index (χ0n) is 15.3. The highest BCUT2D eigenvalue weighted by molar-refractivity contribution is 6.00. The van der Waals surface area contributed by atoms with Crippen LogP contribution in [0.1, 0.15) is 52.7 Å². The predicted octanol–water partition coefficient (Wildman–Crippen LogP) is 4.49. The van der Waals surface area contributed by atoms with E-state index in [0.29, 0.717) is 11.8 Å². The summed E-state index contributed by atoms with van der Waals surface area (Å²) in [5.74, 6) is 1.23. The minimum Gasteiger partial charge on any atom is -0.347 e. The van der Waals surface area contributed by atoms with Crippen LogP contribution in [0.5, 0.6) is 0 Å². The van der Waals surface area contributed by atoms with Gasteiger partial charge in [-0.3, -0.25) is 4.79 Å². The molecule has 0 bridgehead atoms. The van der Waals surface area contributed by atoms with Crippen LogP contribution in [0.3, 0.4) is 0 Å². The van der Waals surface area contributed by atoms with Gasteiger partial charge in [-0.1, -0.05) is 60.9 Å². The molecule has 0 N–H and O–H groups in total. The van der Waals surface area contributed by atoms with Gasteiger partial charge in [-0.15, -0.1) is 0 Å². The molecule has 3 atom stereocenters. The largest absolute Gasteiger partial charge is 0.347 e. The van der Waals surface area contributed by atoms with Gasteiger partial charge in [0.2, 0.25) is 0 Å². The van der Waals surface area contributed by atoms with E-state index < -0.39 is 5.72 Å². The fraction of sp³-hybridized carbons (Fsp3) is 0.435. The average Bonchev–Trinajstić information content (AvgIpc) is 2.81. The highest BCUT2D eigenvalue weighted by Crippen LogP contribution is 2.49. The Bertz CT molecular complexity index is 844. The van der Waals surface area contributed by atoms with Gasteiger partial charge < -0.3 is 9.64 Å². The molecule has 2 fully saturated rings. The normalized spacial score (nSPS) is 30.3. The molecule has 0 aromatic heterocycles. The van der Waals surface area contributed by atoms with Crippen LogP contribution in [-0.2, 0) is 10.5 Å². The molecule has 2 aromatic carbocycles. The summed E-state index contributed by atoms with van der Waals surface area (Å²) >= 11 is 0. The lowest BCUT2D eigenvalue weighted by Gasteiger charge is -2.38. The number of nitrogens with zero attached hydrogens (tertiary/aromatic N) is 1. The lowest BCUT2D eigenvalue weighted by atomic mass is 9.79. The van der Waals surface area contributed by atoms with Crippen molar-refractivity contribution in [3.8, 4) is 0 Å². The van der Waals surface area contributed by atoms with E-state index in [1.807, 2.05) is 23.1 Å². The van der Waals surface area contributed by atoms with E-state index in [2.05, 4.69) is 37.3 Å². The molecule has 3 heteroatoms. The Hall–Kier alpha value is -2.13. The number of aryl methyl sites for hydroxylation is 1. The van der Waals surface area contributed by atoms with Crippen LogP contribution < -0.4 is 0 Å². The molecule has 1 amide bonds. The zero-order chi connectivity index (χ0) is 17.7. The number of ether oxygens (including phenoxy) is 1. The maximum atomic E-state index is 13.3. The first kappa shape index (κ1) is 16.1. The number of rotatable bonds is 1. The molecule has 1 saturated carbocycles. The van der Waals surface area contributed by atoms with E-state index in [4.69, 9.17) is 4.74 Å². The highest BCUT2D eigenvalue weighted by atomic mass is 16.5. The van der Waals surface area contributed by atoms with Gasteiger partial charge in [-0.25, -0.2) is 0 Å². The Morgan fingerprint density at radius 1 is 1.00 bits per heavy atom. The lowest BCUT2D eigenvalue weighted by molar-refractivity contribution is -0.100. The molecule has 3 aliphatic rings. The number of hydrogen-bond acceptors (Lipinski definition) is 2. The first-order chi connectivity index (χ1) is 12.7. The monoisotopic (exact) mass is 347 g/mol. The summed E-state index contributed by atoms with van der Waals surface area (Å²) < 4.78 is 6.71. The number of hydrogen-bond donors (Lipinski definition) is 0. The molecule has 1 aliphatic carbocycles. The third kappa shape index (κ3) is 2.20. The van der Waals surface area contributed by atoms with Gasteiger partial charge in [0, 0.05) is 23.2 Å². The Kier molecular flexibility index (Phi) is 3.68. The summed E-state index contributed by atoms with van der Waals surface area (Å²) in [5.41, 5.74) is 3.32. The van der Waals surface area contributed by atoms with Crippen LogP contribution in [0.2, 0.25) is 0 Å². The first-order valence-corrected chi connectivity index (χ1v) is 9.83. The lowest BCUT2D eigenvalue weighted by Crippen LogP contribution is -2.47. The van der Waals surface area contributed by atoms with Gasteiger partial charge in [-0.05, 0) is 37.7 Å². The van der Waals surface area contributed by atoms with Gasteiger partial charge in [0.05, 0.1) is 6.61 Å². The van der Waals surface area contributed by atoms with E-state index in [0.717, 1.165) is 29.8 Å². The van der Waals surface area contributed by atoms with Gasteiger partial charge in [0.1, 0.15) is 0 Å². The standard InChI is InChI=1S/C23H25NO2/c1-16-10-12-19(13-11-16)23-21-9-5-4-8-20(21)22(25)24(23)14-17-6-2-3-7-18(17)15-26-23/h4-5,8-13,17-18H,2-3,6-7,14-15H2,1H3/t17-,18+,23+/m1/s1. The highest BCUT2D eigenvalue weighted by Gasteiger charge is 2.54. The van der Waals surface area contributed by atoms with Gasteiger partial charge in [0.25, 0.3) is 5.91 Å². The molecule has 1 saturated heterocycles. The van der Waals surface area contributed by atoms with Crippen molar-refractivity contribution in [1.82, 2.24) is 4.90 Å². The summed E-state index contributed by atoms with van der Waals surface area (Å²) in [4.78, 5) is 15.4. The zero-order valence-corrected chi connectivity index (χ0v) is 15.3. The average molecular weight is 347 g/mol. The van der Waals surface area contributed by atoms with E-state index in [-0.39, 0.29) is 5.91 Å². The van der Waals surface area contributed by atoms with E-state index >= 15 is 0 Å². The van der Waals surface area contributed by atoms with E-state index in [1.165, 1.54) is 31.2 Å². The quantitative estimate of drug-likeness (QED) is 0.761. The molecule has 2 heterocycles. The number of carbonyl (C=O) groups excluding carboxylic acids is 1. The maximum absolute atomic E-state index is 13.3. The molecule has 0 spiro atoms. The fourth-order valence-corrected chi connectivity index (χ4v) is 5.15. The summed E-state index contributed by atoms with van der Waals surface area (Å²) in [6, 6.07) is 16.5. The molecule has 134 valence electrons. The topological polar surface area (TPSA) is 29.5 Å². The Morgan fingerprint density at radius 3 is 2.54 bits per heavy atom. The summed E-state index contributed by atoms with van der Waals surface area (Å²) in [6.07, 6.45) is 4.98. The van der Waals surface area contributed by atoms with Crippen molar-refractivity contribution in [2.24, 2.45) is 11.8 Å². The Balaban J connectivity index is 1.70. The van der Waals surface area contributed by atoms with Crippen LogP contribution in [0.15, 0.2) is 48.5 Å². The molecular formula is C23H25NO2. The van der Waals surface area contributed by atoms with E-state index in [9.17, 15) is 4.79 Å². The van der Waals surface area contributed by atoms with Crippen LogP contribution in [0, 0.1) is 18.8 Å². The molecule has 3 nitrogen and oxygen atoms in total. The second kappa shape index (κ2) is 5.95. The number of fused-ring (bicyclic) bond motifs is 4. The first-order valence-electron chi connectivity index (χ1n) is 9.83. The molecule has 5 rings (SSSR count). The van der Waals surface area contributed by atoms with Crippen molar-refractivity contribution in [1.29, 1.82) is 0 Å². The molecular weight excluding hydrogens is 322 g/mol. The van der Waals surface area contributed by atoms with Crippen molar-refractivity contribution in [2.75, 3.05) is 13.2 Å². The second-order valence-electron chi connectivity index (χ2n) is 8.09. The van der Waals surface area contributed by atoms with Crippen LogP contribution >= 0.6 is 0 Å². The molecule has 2 aromatic rings. The molecule has 0 unspecified atom stereocenters. The summed E-state index contributed by atoms with van der Waals surface area (Å²) in [6.45, 7) is 3.62. The number of benzene rings is 2. The molecule has 0 radical (unpaired) electrons. The third-order valence-electron chi connectivity index (χ3n) is 6.58. The third-order valence-corrected chi connectivity index (χ3v) is 6.58. The van der Waals surface area contributed by atoms with Gasteiger partial charge in [-0.2, -0.15) is 0 Å². The van der Waals surface area contributed by atoms with Gasteiger partial charge >= 0.3 is 0 Å². The smallest absolute Gasteiger partial charge is 0.257 e. The number of amides is 1. The fourth-order valence-electron chi connectivity index (χ4n) is 5.15. The number of carbonyl (C=O) groups is 1. The molecule has 26 heavy (non-hydrogen) atoms. The van der Waals surface area contributed by atoms with Crippen LogP contribution in [-0.4, -0.2) is 24.0 Å². The Labute approximate surface area is 155 Å². The van der Waals surface area contributed by atoms with Crippen molar-refractivity contribution >= 4 is 5.91 Å². The van der Waals surface area contributed by atoms with Crippen molar-refractivity contribution in [2.45, 2.75) is 38.3 Å². The van der Waals surface area contributed by atoms with Crippen LogP contribution in [0.4, 0.5) is 0 Å². The second-order valence-corrected chi connectivity index (χ2v) is 8.09. The molecule has 2 aliphatic heterocycles. The SMILES string of the molecule is Cc1ccc([C@@]23OC[C@@H]4CCCC[C@@H]4CN2C(=O)c2ccccc23)cc1. The van der Waals surface area contributed by atoms with Gasteiger partial charge in [0.15, 0.2) is 5.72 Å². The maximum Gasteiger partial charge on any atom is 0.257 e. The summed E-state index contributed by atoms with van der Waals surface area (Å²) in [5, 5.41) is 0. The predicted molar refractivity (Wildman–Crippen MR) is 101 cm³/mol. The van der Waals surface area contributed by atoms with Crippen LogP contribution in [0.25, 0.3) is 0 Å². The Morgan fingerprint density at radius 2 is 1.73 bits per heavy atom. The van der Waals surface area contributed by atoms with Crippen molar-refractivity contribution in [3.05, 3.63) is 70.8 Å². The minimum absolute atomic E-state index is 0.118. The van der Waals surface area contributed by atoms with Crippen molar-refractivity contribution in [3.63, 3.8) is 0 Å². The summed E-state index contributed by atoms with van der Waals surface area (Å²) in [7, 11) is 0. The van der Waals surface area contributed by atoms with Crippen molar-refractivity contribution < 1.29 is 9.53 Å².